The number of azo groups is 1. The van der Waals surface area contributed by atoms with Crippen molar-refractivity contribution in [3.05, 3.63) is 23.9 Å². The van der Waals surface area contributed by atoms with Crippen LogP contribution in [0.1, 0.15) is 13.8 Å². The molecule has 1 unspecified atom stereocenters. The lowest BCUT2D eigenvalue weighted by Gasteiger charge is -1.90. The van der Waals surface area contributed by atoms with E-state index in [1.165, 1.54) is 0 Å². The molecule has 2 heteroatoms. The smallest absolute Gasteiger partial charge is 0.0867 e. The highest BCUT2D eigenvalue weighted by atomic mass is 15.1. The van der Waals surface area contributed by atoms with E-state index in [2.05, 4.69) is 10.2 Å². The van der Waals surface area contributed by atoms with Crippen molar-refractivity contribution in [3.63, 3.8) is 0 Å². The molecule has 1 atom stereocenters. The van der Waals surface area contributed by atoms with E-state index in [1.807, 2.05) is 32.1 Å². The van der Waals surface area contributed by atoms with Gasteiger partial charge in [-0.25, -0.2) is 0 Å². The Hall–Kier alpha value is -0.920. The molecule has 0 fully saturated rings. The molecular formula is C7H10N2. The second-order valence-corrected chi connectivity index (χ2v) is 2.15. The number of allylic oxidation sites excluding steroid dienone is 3. The molecule has 0 N–H and O–H groups in total. The lowest BCUT2D eigenvalue weighted by Crippen LogP contribution is -1.86. The van der Waals surface area contributed by atoms with E-state index in [0.717, 1.165) is 5.70 Å². The molecule has 9 heavy (non-hydrogen) atoms. The van der Waals surface area contributed by atoms with Crippen LogP contribution < -0.4 is 0 Å². The Balaban J connectivity index is 2.75. The standard InChI is InChI=1S/C7H10N2/c1-6-4-3-5-7(2)9-8-6/h3-6H,1-2H3. The summed E-state index contributed by atoms with van der Waals surface area (Å²) >= 11 is 0. The minimum atomic E-state index is 0.235. The molecule has 48 valence electrons. The van der Waals surface area contributed by atoms with Gasteiger partial charge in [-0.3, -0.25) is 0 Å². The Morgan fingerprint density at radius 1 is 1.56 bits per heavy atom. The zero-order valence-electron chi connectivity index (χ0n) is 5.70. The highest BCUT2D eigenvalue weighted by Crippen LogP contribution is 2.04. The Kier molecular flexibility index (Phi) is 1.78. The highest BCUT2D eigenvalue weighted by molar-refractivity contribution is 5.12. The van der Waals surface area contributed by atoms with Crippen molar-refractivity contribution in [2.75, 3.05) is 0 Å². The first kappa shape index (κ1) is 6.20. The van der Waals surface area contributed by atoms with Crippen LogP contribution in [0.5, 0.6) is 0 Å². The zero-order valence-corrected chi connectivity index (χ0v) is 5.70. The third-order valence-corrected chi connectivity index (χ3v) is 1.12. The van der Waals surface area contributed by atoms with Gasteiger partial charge >= 0.3 is 0 Å². The van der Waals surface area contributed by atoms with Crippen molar-refractivity contribution in [2.45, 2.75) is 19.9 Å². The molecule has 0 spiro atoms. The van der Waals surface area contributed by atoms with Crippen LogP contribution in [-0.2, 0) is 0 Å². The SMILES string of the molecule is CC1=CC=CC(C)N=N1. The summed E-state index contributed by atoms with van der Waals surface area (Å²) in [6.07, 6.45) is 5.95. The van der Waals surface area contributed by atoms with Gasteiger partial charge in [0, 0.05) is 0 Å². The Labute approximate surface area is 55.0 Å². The molecule has 1 aliphatic rings. The van der Waals surface area contributed by atoms with Crippen molar-refractivity contribution >= 4 is 0 Å². The van der Waals surface area contributed by atoms with E-state index in [1.54, 1.807) is 0 Å². The van der Waals surface area contributed by atoms with Crippen molar-refractivity contribution in [1.29, 1.82) is 0 Å². The summed E-state index contributed by atoms with van der Waals surface area (Å²) in [5.74, 6) is 0. The molecule has 0 radical (unpaired) electrons. The summed E-state index contributed by atoms with van der Waals surface area (Å²) in [4.78, 5) is 0. The van der Waals surface area contributed by atoms with E-state index < -0.39 is 0 Å². The topological polar surface area (TPSA) is 24.7 Å². The summed E-state index contributed by atoms with van der Waals surface area (Å²) in [6.45, 7) is 3.94. The largest absolute Gasteiger partial charge is 0.182 e. The first-order valence-electron chi connectivity index (χ1n) is 3.05. The van der Waals surface area contributed by atoms with Gasteiger partial charge in [-0.05, 0) is 19.9 Å². The lowest BCUT2D eigenvalue weighted by molar-refractivity contribution is 0.842. The first-order valence-corrected chi connectivity index (χ1v) is 3.05. The van der Waals surface area contributed by atoms with Gasteiger partial charge in [-0.1, -0.05) is 12.2 Å². The van der Waals surface area contributed by atoms with Crippen molar-refractivity contribution in [2.24, 2.45) is 10.2 Å². The van der Waals surface area contributed by atoms with Crippen LogP contribution in [0.25, 0.3) is 0 Å². The third-order valence-electron chi connectivity index (χ3n) is 1.12. The Morgan fingerprint density at radius 3 is 3.11 bits per heavy atom. The molecule has 1 aliphatic heterocycles. The van der Waals surface area contributed by atoms with E-state index in [0.29, 0.717) is 0 Å². The molecule has 1 rings (SSSR count). The molecule has 0 aromatic rings. The fourth-order valence-corrected chi connectivity index (χ4v) is 0.610. The van der Waals surface area contributed by atoms with Crippen LogP contribution in [0, 0.1) is 0 Å². The molecule has 1 heterocycles. The number of nitrogens with zero attached hydrogens (tertiary/aromatic N) is 2. The molecule has 0 aromatic carbocycles. The minimum absolute atomic E-state index is 0.235. The lowest BCUT2D eigenvalue weighted by atomic mass is 10.3. The monoisotopic (exact) mass is 122 g/mol. The van der Waals surface area contributed by atoms with Crippen LogP contribution in [0.3, 0.4) is 0 Å². The molecule has 0 saturated heterocycles. The summed E-state index contributed by atoms with van der Waals surface area (Å²) in [6, 6.07) is 0.235. The van der Waals surface area contributed by atoms with Crippen LogP contribution in [0.2, 0.25) is 0 Å². The predicted molar refractivity (Wildman–Crippen MR) is 37.2 cm³/mol. The van der Waals surface area contributed by atoms with Crippen molar-refractivity contribution in [3.8, 4) is 0 Å². The second kappa shape index (κ2) is 2.58. The van der Waals surface area contributed by atoms with Crippen molar-refractivity contribution in [1.82, 2.24) is 0 Å². The van der Waals surface area contributed by atoms with Gasteiger partial charge in [-0.2, -0.15) is 10.2 Å². The van der Waals surface area contributed by atoms with Crippen LogP contribution in [0.4, 0.5) is 0 Å². The number of hydrogen-bond donors (Lipinski definition) is 0. The third kappa shape index (κ3) is 1.80. The first-order chi connectivity index (χ1) is 4.29. The van der Waals surface area contributed by atoms with Gasteiger partial charge < -0.3 is 0 Å². The minimum Gasteiger partial charge on any atom is -0.182 e. The fraction of sp³-hybridized carbons (Fsp3) is 0.429. The molecule has 0 saturated carbocycles. The maximum Gasteiger partial charge on any atom is 0.0867 e. The van der Waals surface area contributed by atoms with Crippen LogP contribution >= 0.6 is 0 Å². The van der Waals surface area contributed by atoms with Gasteiger partial charge in [0.1, 0.15) is 0 Å². The van der Waals surface area contributed by atoms with E-state index in [4.69, 9.17) is 0 Å². The van der Waals surface area contributed by atoms with E-state index in [9.17, 15) is 0 Å². The maximum absolute atomic E-state index is 3.97. The Morgan fingerprint density at radius 2 is 2.33 bits per heavy atom. The molecule has 0 amide bonds. The van der Waals surface area contributed by atoms with Crippen molar-refractivity contribution < 1.29 is 0 Å². The summed E-state index contributed by atoms with van der Waals surface area (Å²) in [7, 11) is 0. The van der Waals surface area contributed by atoms with E-state index >= 15 is 0 Å². The van der Waals surface area contributed by atoms with Crippen LogP contribution in [-0.4, -0.2) is 6.04 Å². The van der Waals surface area contributed by atoms with Gasteiger partial charge in [0.05, 0.1) is 11.7 Å². The maximum atomic E-state index is 3.97. The molecule has 0 aliphatic carbocycles. The van der Waals surface area contributed by atoms with Gasteiger partial charge in [-0.15, -0.1) is 0 Å². The second-order valence-electron chi connectivity index (χ2n) is 2.15. The predicted octanol–water partition coefficient (Wildman–Crippen LogP) is 2.30. The van der Waals surface area contributed by atoms with Gasteiger partial charge in [0.2, 0.25) is 0 Å². The molecular weight excluding hydrogens is 112 g/mol. The summed E-state index contributed by atoms with van der Waals surface area (Å²) in [5.41, 5.74) is 0.968. The molecule has 2 nitrogen and oxygen atoms in total. The number of rotatable bonds is 0. The zero-order chi connectivity index (χ0) is 6.69. The normalized spacial score (nSPS) is 25.6. The van der Waals surface area contributed by atoms with Gasteiger partial charge in [0.25, 0.3) is 0 Å². The number of hydrogen-bond acceptors (Lipinski definition) is 2. The van der Waals surface area contributed by atoms with E-state index in [-0.39, 0.29) is 6.04 Å². The average molecular weight is 122 g/mol. The summed E-state index contributed by atoms with van der Waals surface area (Å²) in [5, 5.41) is 7.90. The van der Waals surface area contributed by atoms with Gasteiger partial charge in [0.15, 0.2) is 0 Å². The highest BCUT2D eigenvalue weighted by Gasteiger charge is 1.93. The fourth-order valence-electron chi connectivity index (χ4n) is 0.610. The Bertz CT molecular complexity index is 177. The molecule has 0 bridgehead atoms. The summed E-state index contributed by atoms with van der Waals surface area (Å²) < 4.78 is 0. The average Bonchev–Trinajstić information content (AvgIpc) is 1.97. The molecule has 0 aromatic heterocycles. The quantitative estimate of drug-likeness (QED) is 0.471. The van der Waals surface area contributed by atoms with Crippen LogP contribution in [0.15, 0.2) is 34.2 Å².